The van der Waals surface area contributed by atoms with E-state index in [0.29, 0.717) is 5.02 Å². The molecule has 0 amide bonds. The summed E-state index contributed by atoms with van der Waals surface area (Å²) in [4.78, 5) is 0. The molecule has 3 rings (SSSR count). The van der Waals surface area contributed by atoms with Crippen molar-refractivity contribution in [2.24, 2.45) is 10.2 Å². The lowest BCUT2D eigenvalue weighted by Gasteiger charge is -2.22. The van der Waals surface area contributed by atoms with Crippen LogP contribution in [0.15, 0.2) is 58.8 Å². The first-order valence-corrected chi connectivity index (χ1v) is 6.67. The zero-order valence-electron chi connectivity index (χ0n) is 10.4. The highest BCUT2D eigenvalue weighted by molar-refractivity contribution is 6.30. The lowest BCUT2D eigenvalue weighted by Crippen LogP contribution is -2.25. The second-order valence-corrected chi connectivity index (χ2v) is 5.02. The van der Waals surface area contributed by atoms with E-state index in [0.717, 1.165) is 18.7 Å². The van der Waals surface area contributed by atoms with Gasteiger partial charge in [-0.2, -0.15) is 10.2 Å². The molecule has 0 bridgehead atoms. The summed E-state index contributed by atoms with van der Waals surface area (Å²) in [6.45, 7) is 0.827. The van der Waals surface area contributed by atoms with Crippen molar-refractivity contribution in [1.82, 2.24) is 0 Å². The van der Waals surface area contributed by atoms with Crippen molar-refractivity contribution in [2.45, 2.75) is 12.5 Å². The first-order valence-electron chi connectivity index (χ1n) is 6.29. The van der Waals surface area contributed by atoms with Crippen LogP contribution in [0.1, 0.15) is 5.56 Å². The molecule has 96 valence electrons. The highest BCUT2D eigenvalue weighted by Crippen LogP contribution is 2.24. The van der Waals surface area contributed by atoms with E-state index in [4.69, 9.17) is 11.6 Å². The molecular formula is C15H14ClN3. The predicted molar refractivity (Wildman–Crippen MR) is 78.4 cm³/mol. The summed E-state index contributed by atoms with van der Waals surface area (Å²) in [7, 11) is 0. The average Bonchev–Trinajstić information content (AvgIpc) is 2.46. The average molecular weight is 272 g/mol. The monoisotopic (exact) mass is 271 g/mol. The van der Waals surface area contributed by atoms with Gasteiger partial charge in [0.2, 0.25) is 0 Å². The number of azo groups is 1. The van der Waals surface area contributed by atoms with Gasteiger partial charge in [-0.05, 0) is 35.9 Å². The molecule has 19 heavy (non-hydrogen) atoms. The third-order valence-electron chi connectivity index (χ3n) is 3.16. The number of benzene rings is 2. The van der Waals surface area contributed by atoms with Crippen molar-refractivity contribution in [1.29, 1.82) is 0 Å². The van der Waals surface area contributed by atoms with Gasteiger partial charge >= 0.3 is 0 Å². The van der Waals surface area contributed by atoms with E-state index in [1.165, 1.54) is 11.3 Å². The van der Waals surface area contributed by atoms with E-state index in [1.807, 2.05) is 30.3 Å². The Morgan fingerprint density at radius 2 is 1.84 bits per heavy atom. The second kappa shape index (κ2) is 5.41. The van der Waals surface area contributed by atoms with Crippen molar-refractivity contribution in [3.63, 3.8) is 0 Å². The zero-order chi connectivity index (χ0) is 13.1. The fourth-order valence-corrected chi connectivity index (χ4v) is 2.29. The van der Waals surface area contributed by atoms with Crippen LogP contribution in [0.25, 0.3) is 0 Å². The maximum absolute atomic E-state index is 5.83. The van der Waals surface area contributed by atoms with E-state index in [2.05, 4.69) is 33.7 Å². The number of rotatable bonds is 2. The Kier molecular flexibility index (Phi) is 3.47. The van der Waals surface area contributed by atoms with Gasteiger partial charge in [0.15, 0.2) is 0 Å². The number of hydrogen-bond donors (Lipinski definition) is 1. The molecular weight excluding hydrogens is 258 g/mol. The highest BCUT2D eigenvalue weighted by Gasteiger charge is 2.16. The number of hydrogen-bond acceptors (Lipinski definition) is 3. The van der Waals surface area contributed by atoms with Gasteiger partial charge in [0.25, 0.3) is 0 Å². The van der Waals surface area contributed by atoms with E-state index in [1.54, 1.807) is 0 Å². The summed E-state index contributed by atoms with van der Waals surface area (Å²) in [6, 6.07) is 15.9. The van der Waals surface area contributed by atoms with Crippen molar-refractivity contribution in [3.8, 4) is 0 Å². The lowest BCUT2D eigenvalue weighted by molar-refractivity contribution is 0.650. The van der Waals surface area contributed by atoms with Crippen LogP contribution >= 0.6 is 11.6 Å². The Morgan fingerprint density at radius 3 is 2.68 bits per heavy atom. The Labute approximate surface area is 117 Å². The molecule has 1 unspecified atom stereocenters. The summed E-state index contributed by atoms with van der Waals surface area (Å²) >= 11 is 5.83. The van der Waals surface area contributed by atoms with Gasteiger partial charge in [-0.1, -0.05) is 29.8 Å². The predicted octanol–water partition coefficient (Wildman–Crippen LogP) is 4.46. The third-order valence-corrected chi connectivity index (χ3v) is 3.42. The van der Waals surface area contributed by atoms with Crippen LogP contribution in [-0.2, 0) is 6.42 Å². The maximum atomic E-state index is 5.83. The van der Waals surface area contributed by atoms with Gasteiger partial charge in [0.05, 0.1) is 11.7 Å². The van der Waals surface area contributed by atoms with Gasteiger partial charge in [-0.15, -0.1) is 0 Å². The maximum Gasteiger partial charge on any atom is 0.0925 e. The lowest BCUT2D eigenvalue weighted by atomic mass is 10.0. The van der Waals surface area contributed by atoms with Crippen LogP contribution in [0, 0.1) is 0 Å². The van der Waals surface area contributed by atoms with Crippen LogP contribution in [0.2, 0.25) is 5.02 Å². The molecule has 1 N–H and O–H groups in total. The Hall–Kier alpha value is -1.87. The number of anilines is 1. The molecule has 3 nitrogen and oxygen atoms in total. The number of halogens is 1. The summed E-state index contributed by atoms with van der Waals surface area (Å²) in [6.07, 6.45) is 0.931. The molecule has 1 aliphatic heterocycles. The third kappa shape index (κ3) is 2.93. The van der Waals surface area contributed by atoms with Crippen LogP contribution in [0.3, 0.4) is 0 Å². The van der Waals surface area contributed by atoms with E-state index in [-0.39, 0.29) is 6.04 Å². The Morgan fingerprint density at radius 1 is 1.05 bits per heavy atom. The summed E-state index contributed by atoms with van der Waals surface area (Å²) in [5.41, 5.74) is 3.34. The topological polar surface area (TPSA) is 36.8 Å². The van der Waals surface area contributed by atoms with Crippen LogP contribution in [0.4, 0.5) is 11.4 Å². The minimum atomic E-state index is 0.186. The summed E-state index contributed by atoms with van der Waals surface area (Å²) in [5, 5.41) is 12.8. The minimum Gasteiger partial charge on any atom is -0.383 e. The second-order valence-electron chi connectivity index (χ2n) is 4.59. The molecule has 0 fully saturated rings. The molecule has 0 aliphatic carbocycles. The number of nitrogens with one attached hydrogen (secondary N) is 1. The molecule has 0 saturated carbocycles. The molecule has 1 heterocycles. The van der Waals surface area contributed by atoms with E-state index in [9.17, 15) is 0 Å². The summed E-state index contributed by atoms with van der Waals surface area (Å²) < 4.78 is 0. The molecule has 0 spiro atoms. The number of nitrogens with zero attached hydrogens (tertiary/aromatic N) is 2. The standard InChI is InChI=1S/C15H14ClN3/c16-12-5-7-13(8-6-12)18-19-14-9-11-3-1-2-4-15(11)17-10-14/h1-8,14,17H,9-10H2/b19-18+. The van der Waals surface area contributed by atoms with Crippen LogP contribution < -0.4 is 5.32 Å². The molecule has 2 aromatic carbocycles. The number of fused-ring (bicyclic) bond motifs is 1. The normalized spacial score (nSPS) is 18.1. The van der Waals surface area contributed by atoms with Crippen molar-refractivity contribution in [3.05, 3.63) is 59.1 Å². The van der Waals surface area contributed by atoms with Gasteiger partial charge in [0, 0.05) is 23.7 Å². The van der Waals surface area contributed by atoms with Crippen LogP contribution in [0.5, 0.6) is 0 Å². The number of para-hydroxylation sites is 1. The van der Waals surface area contributed by atoms with Gasteiger partial charge in [-0.3, -0.25) is 0 Å². The van der Waals surface area contributed by atoms with Crippen molar-refractivity contribution >= 4 is 23.0 Å². The minimum absolute atomic E-state index is 0.186. The first-order chi connectivity index (χ1) is 9.31. The quantitative estimate of drug-likeness (QED) is 0.805. The molecule has 0 saturated heterocycles. The molecule has 4 heteroatoms. The summed E-state index contributed by atoms with van der Waals surface area (Å²) in [5.74, 6) is 0. The van der Waals surface area contributed by atoms with E-state index >= 15 is 0 Å². The molecule has 1 aliphatic rings. The SMILES string of the molecule is Clc1ccc(/N=N/C2CNc3ccccc3C2)cc1. The fourth-order valence-electron chi connectivity index (χ4n) is 2.16. The van der Waals surface area contributed by atoms with Gasteiger partial charge in [0.1, 0.15) is 0 Å². The Balaban J connectivity index is 1.70. The highest BCUT2D eigenvalue weighted by atomic mass is 35.5. The van der Waals surface area contributed by atoms with Gasteiger partial charge in [-0.25, -0.2) is 0 Å². The van der Waals surface area contributed by atoms with E-state index < -0.39 is 0 Å². The van der Waals surface area contributed by atoms with Crippen molar-refractivity contribution in [2.75, 3.05) is 11.9 Å². The fraction of sp³-hybridized carbons (Fsp3) is 0.200. The van der Waals surface area contributed by atoms with Crippen molar-refractivity contribution < 1.29 is 0 Å². The Bertz CT molecular complexity index is 593. The smallest absolute Gasteiger partial charge is 0.0925 e. The van der Waals surface area contributed by atoms with Gasteiger partial charge < -0.3 is 5.32 Å². The molecule has 2 aromatic rings. The molecule has 0 radical (unpaired) electrons. The molecule has 1 atom stereocenters. The zero-order valence-corrected chi connectivity index (χ0v) is 11.1. The molecule has 0 aromatic heterocycles. The first kappa shape index (κ1) is 12.2. The largest absolute Gasteiger partial charge is 0.383 e. The van der Waals surface area contributed by atoms with Crippen LogP contribution in [-0.4, -0.2) is 12.6 Å².